The SMILES string of the molecule is CNC(=O)C1CCN(CC(=O)N2CCCc3cc(OC)ccc32)CC1. The van der Waals surface area contributed by atoms with Gasteiger partial charge in [-0.15, -0.1) is 0 Å². The normalized spacial score (nSPS) is 18.6. The van der Waals surface area contributed by atoms with E-state index < -0.39 is 0 Å². The van der Waals surface area contributed by atoms with Gasteiger partial charge in [-0.2, -0.15) is 0 Å². The zero-order valence-corrected chi connectivity index (χ0v) is 15.1. The van der Waals surface area contributed by atoms with Crippen LogP contribution in [0.5, 0.6) is 5.75 Å². The van der Waals surface area contributed by atoms with Crippen LogP contribution in [-0.4, -0.2) is 57.1 Å². The Kier molecular flexibility index (Phi) is 5.58. The summed E-state index contributed by atoms with van der Waals surface area (Å²) >= 11 is 0. The Morgan fingerprint density at radius 3 is 2.68 bits per heavy atom. The summed E-state index contributed by atoms with van der Waals surface area (Å²) in [5.41, 5.74) is 2.19. The van der Waals surface area contributed by atoms with Crippen molar-refractivity contribution in [3.8, 4) is 5.75 Å². The number of aryl methyl sites for hydroxylation is 1. The van der Waals surface area contributed by atoms with Crippen molar-refractivity contribution >= 4 is 17.5 Å². The van der Waals surface area contributed by atoms with Crippen LogP contribution in [0, 0.1) is 5.92 Å². The molecule has 0 unspecified atom stereocenters. The number of fused-ring (bicyclic) bond motifs is 1. The predicted octanol–water partition coefficient (Wildman–Crippen LogP) is 1.43. The molecule has 0 bridgehead atoms. The summed E-state index contributed by atoms with van der Waals surface area (Å²) in [5.74, 6) is 1.18. The fourth-order valence-corrected chi connectivity index (χ4v) is 3.79. The van der Waals surface area contributed by atoms with Gasteiger partial charge in [-0.25, -0.2) is 0 Å². The third kappa shape index (κ3) is 3.95. The van der Waals surface area contributed by atoms with E-state index in [0.717, 1.165) is 56.8 Å². The minimum atomic E-state index is 0.0829. The van der Waals surface area contributed by atoms with Crippen LogP contribution >= 0.6 is 0 Å². The van der Waals surface area contributed by atoms with E-state index in [-0.39, 0.29) is 17.7 Å². The van der Waals surface area contributed by atoms with Gasteiger partial charge in [0.25, 0.3) is 0 Å². The van der Waals surface area contributed by atoms with E-state index in [2.05, 4.69) is 10.2 Å². The first-order valence-corrected chi connectivity index (χ1v) is 9.03. The van der Waals surface area contributed by atoms with Crippen LogP contribution in [-0.2, 0) is 16.0 Å². The van der Waals surface area contributed by atoms with Crippen LogP contribution in [0.2, 0.25) is 0 Å². The van der Waals surface area contributed by atoms with Gasteiger partial charge in [-0.1, -0.05) is 0 Å². The second-order valence-electron chi connectivity index (χ2n) is 6.81. The maximum atomic E-state index is 12.8. The molecule has 6 nitrogen and oxygen atoms in total. The Morgan fingerprint density at radius 2 is 2.00 bits per heavy atom. The second kappa shape index (κ2) is 7.87. The average molecular weight is 345 g/mol. The molecule has 0 aromatic heterocycles. The Bertz CT molecular complexity index is 639. The number of carbonyl (C=O) groups is 2. The van der Waals surface area contributed by atoms with Gasteiger partial charge in [-0.05, 0) is 62.5 Å². The summed E-state index contributed by atoms with van der Waals surface area (Å²) < 4.78 is 5.29. The first-order chi connectivity index (χ1) is 12.1. The van der Waals surface area contributed by atoms with Crippen molar-refractivity contribution in [3.63, 3.8) is 0 Å². The molecule has 6 heteroatoms. The second-order valence-corrected chi connectivity index (χ2v) is 6.81. The first-order valence-electron chi connectivity index (χ1n) is 9.03. The first kappa shape index (κ1) is 17.7. The Balaban J connectivity index is 1.61. The molecule has 1 aromatic rings. The number of carbonyl (C=O) groups excluding carboxylic acids is 2. The smallest absolute Gasteiger partial charge is 0.241 e. The molecule has 0 aliphatic carbocycles. The zero-order valence-electron chi connectivity index (χ0n) is 15.1. The Labute approximate surface area is 149 Å². The number of benzene rings is 1. The number of anilines is 1. The number of methoxy groups -OCH3 is 1. The molecule has 2 aliphatic heterocycles. The molecule has 0 spiro atoms. The summed E-state index contributed by atoms with van der Waals surface area (Å²) in [7, 11) is 3.34. The molecular formula is C19H27N3O3. The van der Waals surface area contributed by atoms with Crippen molar-refractivity contribution in [2.24, 2.45) is 5.92 Å². The van der Waals surface area contributed by atoms with E-state index in [1.807, 2.05) is 23.1 Å². The molecule has 136 valence electrons. The third-order valence-electron chi connectivity index (χ3n) is 5.27. The highest BCUT2D eigenvalue weighted by molar-refractivity contribution is 5.96. The summed E-state index contributed by atoms with van der Waals surface area (Å²) in [6.45, 7) is 2.79. The summed E-state index contributed by atoms with van der Waals surface area (Å²) in [4.78, 5) is 28.6. The topological polar surface area (TPSA) is 61.9 Å². The van der Waals surface area contributed by atoms with Crippen LogP contribution in [0.1, 0.15) is 24.8 Å². The lowest BCUT2D eigenvalue weighted by Gasteiger charge is -2.34. The maximum absolute atomic E-state index is 12.8. The highest BCUT2D eigenvalue weighted by atomic mass is 16.5. The lowest BCUT2D eigenvalue weighted by molar-refractivity contribution is -0.126. The standard InChI is InChI=1S/C19H27N3O3/c1-20-19(24)14-7-10-21(11-8-14)13-18(23)22-9-3-4-15-12-16(25-2)5-6-17(15)22/h5-6,12,14H,3-4,7-11,13H2,1-2H3,(H,20,24). The molecule has 2 aliphatic rings. The summed E-state index contributed by atoms with van der Waals surface area (Å²) in [5, 5.41) is 2.72. The predicted molar refractivity (Wildman–Crippen MR) is 96.9 cm³/mol. The number of ether oxygens (including phenoxy) is 1. The molecule has 1 saturated heterocycles. The van der Waals surface area contributed by atoms with Crippen LogP contribution < -0.4 is 15.0 Å². The lowest BCUT2D eigenvalue weighted by Crippen LogP contribution is -2.46. The van der Waals surface area contributed by atoms with Gasteiger partial charge in [0.2, 0.25) is 11.8 Å². The van der Waals surface area contributed by atoms with Crippen molar-refractivity contribution in [2.75, 3.05) is 45.2 Å². The number of nitrogens with one attached hydrogen (secondary N) is 1. The molecule has 2 amide bonds. The number of piperidine rings is 1. The quantitative estimate of drug-likeness (QED) is 0.897. The van der Waals surface area contributed by atoms with Crippen molar-refractivity contribution in [1.82, 2.24) is 10.2 Å². The summed E-state index contributed by atoms with van der Waals surface area (Å²) in [6.07, 6.45) is 3.60. The Hall–Kier alpha value is -2.08. The van der Waals surface area contributed by atoms with Gasteiger partial charge in [0.1, 0.15) is 5.75 Å². The van der Waals surface area contributed by atoms with E-state index in [9.17, 15) is 9.59 Å². The highest BCUT2D eigenvalue weighted by Crippen LogP contribution is 2.30. The molecule has 3 rings (SSSR count). The van der Waals surface area contributed by atoms with Crippen molar-refractivity contribution in [3.05, 3.63) is 23.8 Å². The van der Waals surface area contributed by atoms with Gasteiger partial charge in [-0.3, -0.25) is 14.5 Å². The molecule has 25 heavy (non-hydrogen) atoms. The molecular weight excluding hydrogens is 318 g/mol. The van der Waals surface area contributed by atoms with Crippen LogP contribution in [0.25, 0.3) is 0 Å². The minimum Gasteiger partial charge on any atom is -0.497 e. The largest absolute Gasteiger partial charge is 0.497 e. The number of likely N-dealkylation sites (tertiary alicyclic amines) is 1. The van der Waals surface area contributed by atoms with E-state index in [4.69, 9.17) is 4.74 Å². The number of hydrogen-bond donors (Lipinski definition) is 1. The van der Waals surface area contributed by atoms with Crippen molar-refractivity contribution in [2.45, 2.75) is 25.7 Å². The highest BCUT2D eigenvalue weighted by Gasteiger charge is 2.28. The van der Waals surface area contributed by atoms with Crippen molar-refractivity contribution in [1.29, 1.82) is 0 Å². The van der Waals surface area contributed by atoms with E-state index in [1.165, 1.54) is 5.56 Å². The van der Waals surface area contributed by atoms with Crippen LogP contribution in [0.4, 0.5) is 5.69 Å². The zero-order chi connectivity index (χ0) is 17.8. The number of nitrogens with zero attached hydrogens (tertiary/aromatic N) is 2. The average Bonchev–Trinajstić information content (AvgIpc) is 2.66. The van der Waals surface area contributed by atoms with E-state index in [0.29, 0.717) is 6.54 Å². The minimum absolute atomic E-state index is 0.0829. The summed E-state index contributed by atoms with van der Waals surface area (Å²) in [6, 6.07) is 5.94. The molecule has 0 saturated carbocycles. The molecule has 1 N–H and O–H groups in total. The molecule has 2 heterocycles. The maximum Gasteiger partial charge on any atom is 0.241 e. The van der Waals surface area contributed by atoms with E-state index >= 15 is 0 Å². The van der Waals surface area contributed by atoms with Gasteiger partial charge in [0.15, 0.2) is 0 Å². The van der Waals surface area contributed by atoms with Gasteiger partial charge in [0, 0.05) is 25.2 Å². The number of hydrogen-bond acceptors (Lipinski definition) is 4. The van der Waals surface area contributed by atoms with Gasteiger partial charge in [0.05, 0.1) is 13.7 Å². The third-order valence-corrected chi connectivity index (χ3v) is 5.27. The number of rotatable bonds is 4. The fourth-order valence-electron chi connectivity index (χ4n) is 3.79. The monoisotopic (exact) mass is 345 g/mol. The van der Waals surface area contributed by atoms with Crippen LogP contribution in [0.3, 0.4) is 0 Å². The van der Waals surface area contributed by atoms with E-state index in [1.54, 1.807) is 14.2 Å². The molecule has 1 aromatic carbocycles. The van der Waals surface area contributed by atoms with Gasteiger partial charge < -0.3 is 15.0 Å². The van der Waals surface area contributed by atoms with Crippen LogP contribution in [0.15, 0.2) is 18.2 Å². The fraction of sp³-hybridized carbons (Fsp3) is 0.579. The Morgan fingerprint density at radius 1 is 1.24 bits per heavy atom. The molecule has 0 atom stereocenters. The molecule has 0 radical (unpaired) electrons. The molecule has 1 fully saturated rings. The lowest BCUT2D eigenvalue weighted by atomic mass is 9.96. The van der Waals surface area contributed by atoms with Crippen molar-refractivity contribution < 1.29 is 14.3 Å². The number of amides is 2. The van der Waals surface area contributed by atoms with Gasteiger partial charge >= 0.3 is 0 Å².